The van der Waals surface area contributed by atoms with Crippen molar-refractivity contribution in [3.8, 4) is 0 Å². The van der Waals surface area contributed by atoms with E-state index in [9.17, 15) is 4.79 Å². The SMILES string of the molecule is O=C(CSc1nnc(C2CC2)n1Cc1ccccc1)N(c1ccccc1)C1CCCCC1. The number of hydrogen-bond donors (Lipinski definition) is 0. The van der Waals surface area contributed by atoms with Crippen LogP contribution in [0.3, 0.4) is 0 Å². The fourth-order valence-electron chi connectivity index (χ4n) is 4.65. The topological polar surface area (TPSA) is 51.0 Å². The van der Waals surface area contributed by atoms with Crippen LogP contribution in [-0.4, -0.2) is 32.5 Å². The van der Waals surface area contributed by atoms with Gasteiger partial charge in [-0.15, -0.1) is 10.2 Å². The van der Waals surface area contributed by atoms with Crippen LogP contribution in [0.15, 0.2) is 65.8 Å². The Bertz CT molecular complexity index is 1030. The first-order chi connectivity index (χ1) is 15.8. The largest absolute Gasteiger partial charge is 0.309 e. The Morgan fingerprint density at radius 2 is 1.59 bits per heavy atom. The molecule has 0 N–H and O–H groups in total. The van der Waals surface area contributed by atoms with Crippen LogP contribution < -0.4 is 4.90 Å². The lowest BCUT2D eigenvalue weighted by Crippen LogP contribution is -2.42. The monoisotopic (exact) mass is 446 g/mol. The van der Waals surface area contributed by atoms with Crippen LogP contribution in [0.25, 0.3) is 0 Å². The summed E-state index contributed by atoms with van der Waals surface area (Å²) in [5, 5.41) is 9.86. The van der Waals surface area contributed by atoms with Crippen molar-refractivity contribution >= 4 is 23.4 Å². The molecule has 1 heterocycles. The van der Waals surface area contributed by atoms with Gasteiger partial charge in [0.15, 0.2) is 5.16 Å². The molecule has 3 aromatic rings. The number of carbonyl (C=O) groups excluding carboxylic acids is 1. The van der Waals surface area contributed by atoms with E-state index in [2.05, 4.69) is 51.2 Å². The first-order valence-corrected chi connectivity index (χ1v) is 12.7. The molecule has 0 saturated heterocycles. The Labute approximate surface area is 194 Å². The first kappa shape index (κ1) is 21.3. The fourth-order valence-corrected chi connectivity index (χ4v) is 5.45. The van der Waals surface area contributed by atoms with Gasteiger partial charge in [0.2, 0.25) is 5.91 Å². The summed E-state index contributed by atoms with van der Waals surface area (Å²) in [4.78, 5) is 15.5. The minimum atomic E-state index is 0.162. The number of rotatable bonds is 8. The molecule has 0 radical (unpaired) electrons. The van der Waals surface area contributed by atoms with Crippen molar-refractivity contribution in [2.24, 2.45) is 0 Å². The smallest absolute Gasteiger partial charge is 0.237 e. The molecule has 0 aliphatic heterocycles. The highest BCUT2D eigenvalue weighted by Gasteiger charge is 2.31. The Hall–Kier alpha value is -2.60. The number of para-hydroxylation sites is 1. The van der Waals surface area contributed by atoms with Crippen molar-refractivity contribution in [2.75, 3.05) is 10.7 Å². The molecule has 2 aliphatic carbocycles. The number of anilines is 1. The van der Waals surface area contributed by atoms with Gasteiger partial charge in [0, 0.05) is 17.6 Å². The molecule has 2 fully saturated rings. The third-order valence-electron chi connectivity index (χ3n) is 6.44. The van der Waals surface area contributed by atoms with Crippen molar-refractivity contribution in [2.45, 2.75) is 68.6 Å². The molecule has 2 saturated carbocycles. The molecule has 6 heteroatoms. The lowest BCUT2D eigenvalue weighted by Gasteiger charge is -2.34. The second kappa shape index (κ2) is 9.90. The van der Waals surface area contributed by atoms with Crippen LogP contribution in [0, 0.1) is 0 Å². The van der Waals surface area contributed by atoms with Gasteiger partial charge in [-0.05, 0) is 43.4 Å². The predicted octanol–water partition coefficient (Wildman–Crippen LogP) is 5.66. The zero-order valence-electron chi connectivity index (χ0n) is 18.4. The summed E-state index contributed by atoms with van der Waals surface area (Å²) >= 11 is 1.53. The highest BCUT2D eigenvalue weighted by molar-refractivity contribution is 7.99. The summed E-state index contributed by atoms with van der Waals surface area (Å²) in [7, 11) is 0. The van der Waals surface area contributed by atoms with Crippen LogP contribution in [-0.2, 0) is 11.3 Å². The third-order valence-corrected chi connectivity index (χ3v) is 7.39. The minimum absolute atomic E-state index is 0.162. The average Bonchev–Trinajstić information content (AvgIpc) is 3.61. The van der Waals surface area contributed by atoms with Gasteiger partial charge in [-0.2, -0.15) is 0 Å². The minimum Gasteiger partial charge on any atom is -0.309 e. The van der Waals surface area contributed by atoms with Crippen molar-refractivity contribution in [1.82, 2.24) is 14.8 Å². The number of amides is 1. The summed E-state index contributed by atoms with van der Waals surface area (Å²) in [6.45, 7) is 0.751. The molecule has 5 nitrogen and oxygen atoms in total. The first-order valence-electron chi connectivity index (χ1n) is 11.8. The predicted molar refractivity (Wildman–Crippen MR) is 129 cm³/mol. The highest BCUT2D eigenvalue weighted by Crippen LogP contribution is 2.40. The number of hydrogen-bond acceptors (Lipinski definition) is 4. The summed E-state index contributed by atoms with van der Waals surface area (Å²) < 4.78 is 2.22. The van der Waals surface area contributed by atoms with E-state index in [-0.39, 0.29) is 5.91 Å². The van der Waals surface area contributed by atoms with Crippen molar-refractivity contribution in [1.29, 1.82) is 0 Å². The van der Waals surface area contributed by atoms with Crippen LogP contribution in [0.5, 0.6) is 0 Å². The van der Waals surface area contributed by atoms with Gasteiger partial charge in [0.25, 0.3) is 0 Å². The molecule has 0 spiro atoms. The molecule has 0 unspecified atom stereocenters. The third kappa shape index (κ3) is 4.90. The van der Waals surface area contributed by atoms with Gasteiger partial charge in [-0.1, -0.05) is 79.6 Å². The molecule has 2 aliphatic rings. The molecule has 1 amide bonds. The molecule has 0 bridgehead atoms. The van der Waals surface area contributed by atoms with E-state index in [1.54, 1.807) is 0 Å². The highest BCUT2D eigenvalue weighted by atomic mass is 32.2. The average molecular weight is 447 g/mol. The second-order valence-electron chi connectivity index (χ2n) is 8.87. The molecule has 2 aromatic carbocycles. The lowest BCUT2D eigenvalue weighted by atomic mass is 9.93. The Morgan fingerprint density at radius 3 is 2.28 bits per heavy atom. The zero-order chi connectivity index (χ0) is 21.8. The number of nitrogens with zero attached hydrogens (tertiary/aromatic N) is 4. The van der Waals surface area contributed by atoms with Crippen LogP contribution in [0.2, 0.25) is 0 Å². The Kier molecular flexibility index (Phi) is 6.58. The molecule has 5 rings (SSSR count). The van der Waals surface area contributed by atoms with E-state index in [1.165, 1.54) is 49.4 Å². The molecular weight excluding hydrogens is 416 g/mol. The maximum Gasteiger partial charge on any atom is 0.237 e. The summed E-state index contributed by atoms with van der Waals surface area (Å²) in [5.41, 5.74) is 2.24. The second-order valence-corrected chi connectivity index (χ2v) is 9.81. The summed E-state index contributed by atoms with van der Waals surface area (Å²) in [6.07, 6.45) is 8.20. The Morgan fingerprint density at radius 1 is 0.906 bits per heavy atom. The molecular formula is C26H30N4OS. The normalized spacial score (nSPS) is 16.8. The molecule has 166 valence electrons. The molecule has 1 aromatic heterocycles. The number of benzene rings is 2. The summed E-state index contributed by atoms with van der Waals surface area (Å²) in [6, 6.07) is 20.9. The lowest BCUT2D eigenvalue weighted by molar-refractivity contribution is -0.116. The number of carbonyl (C=O) groups is 1. The maximum atomic E-state index is 13.5. The van der Waals surface area contributed by atoms with Gasteiger partial charge >= 0.3 is 0 Å². The van der Waals surface area contributed by atoms with Crippen molar-refractivity contribution < 1.29 is 4.79 Å². The van der Waals surface area contributed by atoms with Gasteiger partial charge in [-0.3, -0.25) is 4.79 Å². The standard InChI is InChI=1S/C26H30N4OS/c31-24(30(22-12-6-2-7-13-22)23-14-8-3-9-15-23)19-32-26-28-27-25(21-16-17-21)29(26)18-20-10-4-1-5-11-20/h1-2,4-7,10-13,21,23H,3,8-9,14-19H2. The number of aromatic nitrogens is 3. The van der Waals surface area contributed by atoms with Gasteiger partial charge in [-0.25, -0.2) is 0 Å². The van der Waals surface area contributed by atoms with Crippen LogP contribution >= 0.6 is 11.8 Å². The summed E-state index contributed by atoms with van der Waals surface area (Å²) in [5.74, 6) is 2.12. The maximum absolute atomic E-state index is 13.5. The fraction of sp³-hybridized carbons (Fsp3) is 0.423. The van der Waals surface area contributed by atoms with Crippen LogP contribution in [0.1, 0.15) is 62.3 Å². The molecule has 0 atom stereocenters. The van der Waals surface area contributed by atoms with Crippen molar-refractivity contribution in [3.05, 3.63) is 72.1 Å². The van der Waals surface area contributed by atoms with E-state index in [0.29, 0.717) is 17.7 Å². The van der Waals surface area contributed by atoms with Gasteiger partial charge in [0.1, 0.15) is 5.82 Å². The van der Waals surface area contributed by atoms with E-state index in [0.717, 1.165) is 36.1 Å². The zero-order valence-corrected chi connectivity index (χ0v) is 19.2. The van der Waals surface area contributed by atoms with Gasteiger partial charge in [0.05, 0.1) is 12.3 Å². The van der Waals surface area contributed by atoms with E-state index in [1.807, 2.05) is 29.2 Å². The number of thioether (sulfide) groups is 1. The van der Waals surface area contributed by atoms with Gasteiger partial charge < -0.3 is 9.47 Å². The van der Waals surface area contributed by atoms with E-state index < -0.39 is 0 Å². The van der Waals surface area contributed by atoms with E-state index in [4.69, 9.17) is 0 Å². The Balaban J connectivity index is 1.34. The van der Waals surface area contributed by atoms with Crippen LogP contribution in [0.4, 0.5) is 5.69 Å². The quantitative estimate of drug-likeness (QED) is 0.419. The van der Waals surface area contributed by atoms with Crippen molar-refractivity contribution in [3.63, 3.8) is 0 Å². The molecule has 32 heavy (non-hydrogen) atoms. The van der Waals surface area contributed by atoms with E-state index >= 15 is 0 Å².